The fourth-order valence-corrected chi connectivity index (χ4v) is 2.22. The van der Waals surface area contributed by atoms with Crippen LogP contribution in [0.1, 0.15) is 0 Å². The van der Waals surface area contributed by atoms with Gasteiger partial charge in [-0.1, -0.05) is 50.5 Å². The third-order valence-corrected chi connectivity index (χ3v) is 3.34. The normalized spacial score (nSPS) is 10.4. The monoisotopic (exact) mass is 256 g/mol. The molecule has 1 aromatic rings. The Balaban J connectivity index is 2.96. The Hall–Kier alpha value is 0.710. The molecule has 0 fully saturated rings. The van der Waals surface area contributed by atoms with Gasteiger partial charge in [0.25, 0.3) is 0 Å². The fourth-order valence-electron chi connectivity index (χ4n) is 0.581. The molecule has 1 rings (SSSR count). The summed E-state index contributed by atoms with van der Waals surface area (Å²) in [5.74, 6) is 0. The Morgan fingerprint density at radius 2 is 2.00 bits per heavy atom. The summed E-state index contributed by atoms with van der Waals surface area (Å²) in [6, 6.07) is 7.69. The lowest BCUT2D eigenvalue weighted by Crippen LogP contribution is -1.91. The molecule has 0 unspecified atom stereocenters. The van der Waals surface area contributed by atoms with Gasteiger partial charge in [-0.25, -0.2) is 0 Å². The average Bonchev–Trinajstić information content (AvgIpc) is 1.88. The summed E-state index contributed by atoms with van der Waals surface area (Å²) < 4.78 is 1.01. The molecule has 0 heterocycles. The zero-order valence-corrected chi connectivity index (χ0v) is 8.88. The second kappa shape index (κ2) is 3.92. The molecule has 0 atom stereocenters. The van der Waals surface area contributed by atoms with Crippen molar-refractivity contribution in [3.63, 3.8) is 0 Å². The van der Waals surface area contributed by atoms with E-state index in [1.165, 1.54) is 0 Å². The molecular weight excluding hydrogens is 254 g/mol. The van der Waals surface area contributed by atoms with Crippen LogP contribution < -0.4 is 5.30 Å². The van der Waals surface area contributed by atoms with Crippen LogP contribution in [-0.2, 0) is 0 Å². The Kier molecular flexibility index (Phi) is 3.45. The van der Waals surface area contributed by atoms with Crippen LogP contribution in [0, 0.1) is 0 Å². The van der Waals surface area contributed by atoms with E-state index in [1.54, 1.807) is 0 Å². The Bertz CT molecular complexity index is 227. The minimum absolute atomic E-state index is 0.979. The molecule has 0 bridgehead atoms. The molecule has 0 aromatic heterocycles. The van der Waals surface area contributed by atoms with E-state index < -0.39 is 6.63 Å². The van der Waals surface area contributed by atoms with Crippen LogP contribution in [-0.4, -0.2) is 0 Å². The highest BCUT2D eigenvalue weighted by molar-refractivity contribution is 9.10. The number of halogens is 3. The van der Waals surface area contributed by atoms with Gasteiger partial charge in [-0.05, 0) is 12.1 Å². The first-order valence-corrected chi connectivity index (χ1v) is 6.52. The van der Waals surface area contributed by atoms with Crippen molar-refractivity contribution < 1.29 is 0 Å². The van der Waals surface area contributed by atoms with Gasteiger partial charge in [0.05, 0.1) is 0 Å². The first kappa shape index (κ1) is 8.80. The molecule has 0 saturated carbocycles. The third-order valence-electron chi connectivity index (χ3n) is 1.00. The molecule has 4 heteroatoms. The topological polar surface area (TPSA) is 0 Å². The van der Waals surface area contributed by atoms with E-state index in [4.69, 9.17) is 22.5 Å². The van der Waals surface area contributed by atoms with Gasteiger partial charge in [-0.3, -0.25) is 0 Å². The van der Waals surface area contributed by atoms with Crippen molar-refractivity contribution in [3.05, 3.63) is 28.7 Å². The predicted molar refractivity (Wildman–Crippen MR) is 52.4 cm³/mol. The lowest BCUT2D eigenvalue weighted by molar-refractivity contribution is 1.71. The van der Waals surface area contributed by atoms with Gasteiger partial charge >= 0.3 is 0 Å². The standard InChI is InChI=1S/C6H4BrCl2P/c7-5-2-1-3-6(4-5)10(8)9/h1-4H. The minimum atomic E-state index is -0.997. The van der Waals surface area contributed by atoms with Gasteiger partial charge in [-0.2, -0.15) is 0 Å². The summed E-state index contributed by atoms with van der Waals surface area (Å²) in [6.45, 7) is -0.997. The van der Waals surface area contributed by atoms with Crippen molar-refractivity contribution in [2.24, 2.45) is 0 Å². The molecule has 0 spiro atoms. The molecule has 54 valence electrons. The molecule has 0 saturated heterocycles. The molecular formula is C6H4BrCl2P. The molecule has 1 aromatic carbocycles. The van der Waals surface area contributed by atoms with Crippen molar-refractivity contribution in [3.8, 4) is 0 Å². The molecule has 0 radical (unpaired) electrons. The predicted octanol–water partition coefficient (Wildman–Crippen LogP) is 3.86. The summed E-state index contributed by atoms with van der Waals surface area (Å²) in [5.41, 5.74) is 0. The van der Waals surface area contributed by atoms with Crippen molar-refractivity contribution in [2.45, 2.75) is 0 Å². The van der Waals surface area contributed by atoms with Crippen LogP contribution in [0.4, 0.5) is 0 Å². The van der Waals surface area contributed by atoms with Crippen molar-refractivity contribution in [1.82, 2.24) is 0 Å². The summed E-state index contributed by atoms with van der Waals surface area (Å²) in [4.78, 5) is 0. The van der Waals surface area contributed by atoms with Gasteiger partial charge in [-0.15, -0.1) is 0 Å². The molecule has 0 aliphatic rings. The molecule has 0 amide bonds. The van der Waals surface area contributed by atoms with Gasteiger partial charge in [0.2, 0.25) is 0 Å². The van der Waals surface area contributed by atoms with Crippen molar-refractivity contribution in [1.29, 1.82) is 0 Å². The maximum Gasteiger partial charge on any atom is 0.116 e. The summed E-state index contributed by atoms with van der Waals surface area (Å²) >= 11 is 14.7. The summed E-state index contributed by atoms with van der Waals surface area (Å²) in [5, 5.41) is 0.979. The van der Waals surface area contributed by atoms with Gasteiger partial charge in [0.15, 0.2) is 0 Å². The lowest BCUT2D eigenvalue weighted by Gasteiger charge is -1.99. The van der Waals surface area contributed by atoms with E-state index in [1.807, 2.05) is 24.3 Å². The van der Waals surface area contributed by atoms with E-state index in [-0.39, 0.29) is 0 Å². The highest BCUT2D eigenvalue weighted by Gasteiger charge is 2.01. The van der Waals surface area contributed by atoms with Crippen LogP contribution in [0.3, 0.4) is 0 Å². The summed E-state index contributed by atoms with van der Waals surface area (Å²) in [7, 11) is 0. The summed E-state index contributed by atoms with van der Waals surface area (Å²) in [6.07, 6.45) is 0. The number of hydrogen-bond donors (Lipinski definition) is 0. The second-order valence-corrected chi connectivity index (χ2v) is 6.16. The molecule has 10 heavy (non-hydrogen) atoms. The largest absolute Gasteiger partial charge is 0.116 e. The Morgan fingerprint density at radius 3 is 2.40 bits per heavy atom. The van der Waals surface area contributed by atoms with Crippen LogP contribution in [0.15, 0.2) is 28.7 Å². The van der Waals surface area contributed by atoms with E-state index >= 15 is 0 Å². The zero-order chi connectivity index (χ0) is 7.56. The molecule has 0 nitrogen and oxygen atoms in total. The van der Waals surface area contributed by atoms with Gasteiger partial charge < -0.3 is 0 Å². The molecule has 0 N–H and O–H groups in total. The average molecular weight is 258 g/mol. The fraction of sp³-hybridized carbons (Fsp3) is 0. The van der Waals surface area contributed by atoms with Gasteiger partial charge in [0, 0.05) is 9.78 Å². The van der Waals surface area contributed by atoms with Crippen molar-refractivity contribution in [2.75, 3.05) is 0 Å². The van der Waals surface area contributed by atoms with Crippen LogP contribution in [0.2, 0.25) is 0 Å². The smallest absolute Gasteiger partial charge is 0.0727 e. The zero-order valence-electron chi connectivity index (χ0n) is 4.89. The molecule has 0 aliphatic carbocycles. The lowest BCUT2D eigenvalue weighted by atomic mass is 10.4. The van der Waals surface area contributed by atoms with Crippen LogP contribution in [0.5, 0.6) is 0 Å². The van der Waals surface area contributed by atoms with Gasteiger partial charge in [0.1, 0.15) is 6.63 Å². The van der Waals surface area contributed by atoms with E-state index in [9.17, 15) is 0 Å². The van der Waals surface area contributed by atoms with E-state index in [0.29, 0.717) is 0 Å². The number of benzene rings is 1. The number of hydrogen-bond acceptors (Lipinski definition) is 0. The van der Waals surface area contributed by atoms with Crippen LogP contribution >= 0.6 is 45.0 Å². The maximum absolute atomic E-state index is 5.68. The Morgan fingerprint density at radius 1 is 1.30 bits per heavy atom. The minimum Gasteiger partial charge on any atom is -0.0727 e. The van der Waals surface area contributed by atoms with E-state index in [0.717, 1.165) is 9.78 Å². The SMILES string of the molecule is ClP(Cl)c1cccc(Br)c1. The first-order chi connectivity index (χ1) is 4.70. The van der Waals surface area contributed by atoms with Crippen molar-refractivity contribution >= 4 is 50.3 Å². The highest BCUT2D eigenvalue weighted by atomic mass is 79.9. The quantitative estimate of drug-likeness (QED) is 0.671. The highest BCUT2D eigenvalue weighted by Crippen LogP contribution is 2.45. The molecule has 0 aliphatic heterocycles. The van der Waals surface area contributed by atoms with E-state index in [2.05, 4.69) is 15.9 Å². The third kappa shape index (κ3) is 2.39. The Labute approximate surface area is 79.0 Å². The first-order valence-electron chi connectivity index (χ1n) is 2.57. The number of rotatable bonds is 1. The van der Waals surface area contributed by atoms with Crippen LogP contribution in [0.25, 0.3) is 0 Å². The second-order valence-electron chi connectivity index (χ2n) is 1.71. The maximum atomic E-state index is 5.68.